The number of halogens is 2. The molecule has 0 aliphatic heterocycles. The first-order valence-corrected chi connectivity index (χ1v) is 3.02. The minimum Gasteiger partial charge on any atom is -0.310 e. The van der Waals surface area contributed by atoms with E-state index in [-0.39, 0.29) is 0 Å². The maximum atomic E-state index is 12.7. The van der Waals surface area contributed by atoms with E-state index in [0.29, 0.717) is 0 Å². The van der Waals surface area contributed by atoms with Crippen molar-refractivity contribution in [3.8, 4) is 0 Å². The molecule has 0 aromatic heterocycles. The molecule has 0 amide bonds. The lowest BCUT2D eigenvalue weighted by atomic mass is 9.88. The number of nitrogens with zero attached hydrogens (tertiary/aromatic N) is 1. The fraction of sp³-hybridized carbons (Fsp3) is 0.857. The first-order valence-electron chi connectivity index (χ1n) is 3.02. The molecular formula is C7H11F2N. The van der Waals surface area contributed by atoms with Gasteiger partial charge in [0.15, 0.2) is 0 Å². The molecule has 58 valence electrons. The highest BCUT2D eigenvalue weighted by Crippen LogP contribution is 2.35. The van der Waals surface area contributed by atoms with Crippen molar-refractivity contribution in [2.45, 2.75) is 26.7 Å². The van der Waals surface area contributed by atoms with Crippen molar-refractivity contribution >= 4 is 0 Å². The number of hydrogen-bond donors (Lipinski definition) is 0. The van der Waals surface area contributed by atoms with Crippen molar-refractivity contribution in [3.05, 3.63) is 11.4 Å². The lowest BCUT2D eigenvalue weighted by molar-refractivity contribution is -0.0808. The van der Waals surface area contributed by atoms with E-state index in [0.717, 1.165) is 0 Å². The molecule has 0 N–H and O–H groups in total. The predicted octanol–water partition coefficient (Wildman–Crippen LogP) is 2.59. The Balaban J connectivity index is 4.28. The Labute approximate surface area is 59.9 Å². The summed E-state index contributed by atoms with van der Waals surface area (Å²) in [6.45, 7) is 9.86. The molecule has 0 radical (unpaired) electrons. The fourth-order valence-electron chi connectivity index (χ4n) is 0.336. The minimum atomic E-state index is -2.87. The quantitative estimate of drug-likeness (QED) is 0.502. The summed E-state index contributed by atoms with van der Waals surface area (Å²) in [5.74, 6) is -2.87. The topological polar surface area (TPSA) is 4.36 Å². The van der Waals surface area contributed by atoms with Gasteiger partial charge in [0, 0.05) is 5.41 Å². The van der Waals surface area contributed by atoms with Gasteiger partial charge in [-0.1, -0.05) is 20.8 Å². The molecule has 0 saturated heterocycles. The Morgan fingerprint density at radius 3 is 1.80 bits per heavy atom. The number of rotatable bonds is 1. The average Bonchev–Trinajstić information content (AvgIpc) is 1.61. The fourth-order valence-corrected chi connectivity index (χ4v) is 0.336. The third kappa shape index (κ3) is 1.94. The van der Waals surface area contributed by atoms with E-state index in [1.54, 1.807) is 0 Å². The van der Waals surface area contributed by atoms with E-state index in [9.17, 15) is 8.78 Å². The SMILES string of the molecule is [C-]#[N+]CC(F)(F)C(C)(C)C. The van der Waals surface area contributed by atoms with Crippen LogP contribution in [0, 0.1) is 12.0 Å². The van der Waals surface area contributed by atoms with E-state index < -0.39 is 17.9 Å². The van der Waals surface area contributed by atoms with E-state index >= 15 is 0 Å². The first kappa shape index (κ1) is 9.35. The van der Waals surface area contributed by atoms with Gasteiger partial charge in [0.1, 0.15) is 0 Å². The van der Waals surface area contributed by atoms with Crippen LogP contribution in [-0.2, 0) is 0 Å². The second-order valence-electron chi connectivity index (χ2n) is 3.27. The summed E-state index contributed by atoms with van der Waals surface area (Å²) in [6, 6.07) is 0. The Hall–Kier alpha value is -0.650. The van der Waals surface area contributed by atoms with E-state index in [2.05, 4.69) is 4.85 Å². The van der Waals surface area contributed by atoms with Gasteiger partial charge in [0.05, 0.1) is 0 Å². The van der Waals surface area contributed by atoms with Gasteiger partial charge in [0.2, 0.25) is 0 Å². The molecule has 0 saturated carbocycles. The Bertz CT molecular complexity index is 150. The second-order valence-corrected chi connectivity index (χ2v) is 3.27. The first-order chi connectivity index (χ1) is 4.31. The predicted molar refractivity (Wildman–Crippen MR) is 35.9 cm³/mol. The van der Waals surface area contributed by atoms with Crippen molar-refractivity contribution in [2.24, 2.45) is 5.41 Å². The molecule has 0 atom stereocenters. The van der Waals surface area contributed by atoms with Crippen LogP contribution >= 0.6 is 0 Å². The molecule has 0 heterocycles. The third-order valence-electron chi connectivity index (χ3n) is 1.37. The minimum absolute atomic E-state index is 0.712. The van der Waals surface area contributed by atoms with Crippen molar-refractivity contribution in [3.63, 3.8) is 0 Å². The van der Waals surface area contributed by atoms with Crippen LogP contribution in [0.3, 0.4) is 0 Å². The van der Waals surface area contributed by atoms with Crippen LogP contribution in [-0.4, -0.2) is 12.5 Å². The van der Waals surface area contributed by atoms with Crippen molar-refractivity contribution in [1.82, 2.24) is 0 Å². The van der Waals surface area contributed by atoms with Gasteiger partial charge in [-0.15, -0.1) is 0 Å². The highest BCUT2D eigenvalue weighted by Gasteiger charge is 2.46. The van der Waals surface area contributed by atoms with Crippen molar-refractivity contribution in [1.29, 1.82) is 0 Å². The highest BCUT2D eigenvalue weighted by atomic mass is 19.3. The van der Waals surface area contributed by atoms with Crippen molar-refractivity contribution < 1.29 is 8.78 Å². The highest BCUT2D eigenvalue weighted by molar-refractivity contribution is 4.87. The molecule has 3 heteroatoms. The van der Waals surface area contributed by atoms with Crippen LogP contribution in [0.15, 0.2) is 0 Å². The molecule has 0 aromatic carbocycles. The molecule has 0 fully saturated rings. The van der Waals surface area contributed by atoms with E-state index in [4.69, 9.17) is 6.57 Å². The standard InChI is InChI=1S/C7H11F2N/c1-6(2,3)7(8,9)5-10-4/h5H2,1-3H3. The van der Waals surface area contributed by atoms with Crippen LogP contribution in [0.2, 0.25) is 0 Å². The molecule has 0 bridgehead atoms. The molecule has 0 aliphatic rings. The zero-order valence-electron chi connectivity index (χ0n) is 6.41. The van der Waals surface area contributed by atoms with Crippen molar-refractivity contribution in [2.75, 3.05) is 6.54 Å². The average molecular weight is 147 g/mol. The van der Waals surface area contributed by atoms with Gasteiger partial charge in [-0.2, -0.15) is 8.78 Å². The molecule has 10 heavy (non-hydrogen) atoms. The summed E-state index contributed by atoms with van der Waals surface area (Å²) in [6.07, 6.45) is 0. The third-order valence-corrected chi connectivity index (χ3v) is 1.37. The summed E-state index contributed by atoms with van der Waals surface area (Å²) in [7, 11) is 0. The maximum absolute atomic E-state index is 12.7. The molecule has 0 unspecified atom stereocenters. The summed E-state index contributed by atoms with van der Waals surface area (Å²) >= 11 is 0. The lowest BCUT2D eigenvalue weighted by Crippen LogP contribution is -2.36. The summed E-state index contributed by atoms with van der Waals surface area (Å²) in [4.78, 5) is 2.67. The molecule has 0 spiro atoms. The van der Waals surface area contributed by atoms with Gasteiger partial charge in [-0.3, -0.25) is 0 Å². The van der Waals surface area contributed by atoms with Crippen LogP contribution < -0.4 is 0 Å². The molecule has 0 rings (SSSR count). The monoisotopic (exact) mass is 147 g/mol. The summed E-state index contributed by atoms with van der Waals surface area (Å²) in [5, 5.41) is 0. The summed E-state index contributed by atoms with van der Waals surface area (Å²) in [5.41, 5.74) is -1.10. The van der Waals surface area contributed by atoms with Crippen LogP contribution in [0.1, 0.15) is 20.8 Å². The molecule has 0 aromatic rings. The lowest BCUT2D eigenvalue weighted by Gasteiger charge is -2.25. The maximum Gasteiger partial charge on any atom is 0.322 e. The second kappa shape index (κ2) is 2.53. The molecular weight excluding hydrogens is 136 g/mol. The number of hydrogen-bond acceptors (Lipinski definition) is 0. The van der Waals surface area contributed by atoms with E-state index in [1.165, 1.54) is 20.8 Å². The van der Waals surface area contributed by atoms with Crippen LogP contribution in [0.5, 0.6) is 0 Å². The zero-order valence-corrected chi connectivity index (χ0v) is 6.41. The van der Waals surface area contributed by atoms with Gasteiger partial charge in [-0.25, -0.2) is 6.57 Å². The van der Waals surface area contributed by atoms with Gasteiger partial charge >= 0.3 is 5.92 Å². The Morgan fingerprint density at radius 1 is 1.30 bits per heavy atom. The largest absolute Gasteiger partial charge is 0.322 e. The van der Waals surface area contributed by atoms with Gasteiger partial charge in [-0.05, 0) is 0 Å². The Kier molecular flexibility index (Phi) is 2.37. The Morgan fingerprint density at radius 2 is 1.70 bits per heavy atom. The molecule has 1 nitrogen and oxygen atoms in total. The normalized spacial score (nSPS) is 12.8. The number of alkyl halides is 2. The van der Waals surface area contributed by atoms with Gasteiger partial charge < -0.3 is 4.85 Å². The van der Waals surface area contributed by atoms with E-state index in [1.807, 2.05) is 0 Å². The summed E-state index contributed by atoms with van der Waals surface area (Å²) < 4.78 is 25.4. The van der Waals surface area contributed by atoms with Crippen LogP contribution in [0.25, 0.3) is 4.85 Å². The zero-order chi connectivity index (χ0) is 8.41. The molecule has 0 aliphatic carbocycles. The van der Waals surface area contributed by atoms with Gasteiger partial charge in [0.25, 0.3) is 6.54 Å². The van der Waals surface area contributed by atoms with Crippen LogP contribution in [0.4, 0.5) is 8.78 Å². The smallest absolute Gasteiger partial charge is 0.310 e.